The Morgan fingerprint density at radius 2 is 1.80 bits per heavy atom. The van der Waals surface area contributed by atoms with Crippen LogP contribution in [0.2, 0.25) is 0 Å². The van der Waals surface area contributed by atoms with Gasteiger partial charge in [0.1, 0.15) is 0 Å². The highest BCUT2D eigenvalue weighted by Crippen LogP contribution is 2.33. The molecule has 1 aromatic carbocycles. The molecule has 2 atom stereocenters. The largest absolute Gasteiger partial charge is 0.359 e. The van der Waals surface area contributed by atoms with Gasteiger partial charge in [0, 0.05) is 25.0 Å². The zero-order valence-corrected chi connectivity index (χ0v) is 18.7. The van der Waals surface area contributed by atoms with Crippen molar-refractivity contribution in [3.63, 3.8) is 0 Å². The van der Waals surface area contributed by atoms with E-state index in [9.17, 15) is 9.59 Å². The van der Waals surface area contributed by atoms with Gasteiger partial charge in [0.25, 0.3) is 0 Å². The highest BCUT2D eigenvalue weighted by molar-refractivity contribution is 7.80. The molecule has 0 bridgehead atoms. The summed E-state index contributed by atoms with van der Waals surface area (Å²) in [5, 5.41) is 7.13. The first-order valence-electron chi connectivity index (χ1n) is 11.5. The lowest BCUT2D eigenvalue weighted by molar-refractivity contribution is -0.136. The van der Waals surface area contributed by atoms with Crippen LogP contribution < -0.4 is 10.6 Å². The smallest absolute Gasteiger partial charge is 0.233 e. The van der Waals surface area contributed by atoms with Crippen molar-refractivity contribution < 1.29 is 9.59 Å². The minimum atomic E-state index is 0.0801. The van der Waals surface area contributed by atoms with Crippen molar-refractivity contribution in [2.24, 2.45) is 17.8 Å². The molecule has 2 saturated carbocycles. The number of fused-ring (bicyclic) bond motifs is 1. The standard InChI is InChI=1S/C24H33N3O2S/c1-16-6-8-17(9-7-16)14-25-22(28)19-12-10-18(11-13-19)15-27-23(29)20-4-2-3-5-21(20)26-24(27)30/h6-9,18-21H,2-5,10-15H2,1H3,(H,25,28)(H,26,30). The lowest BCUT2D eigenvalue weighted by Crippen LogP contribution is -2.61. The number of carbonyl (C=O) groups is 2. The third-order valence-electron chi connectivity index (χ3n) is 7.15. The molecule has 1 saturated heterocycles. The first kappa shape index (κ1) is 21.3. The number of rotatable bonds is 5. The van der Waals surface area contributed by atoms with Gasteiger partial charge >= 0.3 is 0 Å². The van der Waals surface area contributed by atoms with Crippen LogP contribution in [0, 0.1) is 24.7 Å². The predicted octanol–water partition coefficient (Wildman–Crippen LogP) is 3.69. The molecule has 30 heavy (non-hydrogen) atoms. The monoisotopic (exact) mass is 427 g/mol. The molecule has 2 aliphatic carbocycles. The molecule has 0 aromatic heterocycles. The zero-order chi connectivity index (χ0) is 21.1. The van der Waals surface area contributed by atoms with Crippen molar-refractivity contribution in [2.45, 2.75) is 70.9 Å². The second-order valence-electron chi connectivity index (χ2n) is 9.32. The Balaban J connectivity index is 1.24. The molecule has 1 aliphatic heterocycles. The van der Waals surface area contributed by atoms with Gasteiger partial charge in [-0.3, -0.25) is 14.5 Å². The summed E-state index contributed by atoms with van der Waals surface area (Å²) in [7, 11) is 0. The highest BCUT2D eigenvalue weighted by atomic mass is 32.1. The van der Waals surface area contributed by atoms with E-state index in [-0.39, 0.29) is 29.7 Å². The molecule has 0 spiro atoms. The van der Waals surface area contributed by atoms with E-state index in [4.69, 9.17) is 12.2 Å². The van der Waals surface area contributed by atoms with Crippen LogP contribution in [-0.2, 0) is 16.1 Å². The molecule has 2 amide bonds. The molecular formula is C24H33N3O2S. The van der Waals surface area contributed by atoms with Crippen LogP contribution in [0.5, 0.6) is 0 Å². The van der Waals surface area contributed by atoms with Crippen molar-refractivity contribution in [3.8, 4) is 0 Å². The number of hydrogen-bond donors (Lipinski definition) is 2. The Labute approximate surface area is 185 Å². The normalized spacial score (nSPS) is 29.2. The van der Waals surface area contributed by atoms with Gasteiger partial charge in [0.2, 0.25) is 11.8 Å². The maximum atomic E-state index is 13.0. The molecule has 3 aliphatic rings. The zero-order valence-electron chi connectivity index (χ0n) is 17.9. The van der Waals surface area contributed by atoms with Gasteiger partial charge < -0.3 is 10.6 Å². The minimum Gasteiger partial charge on any atom is -0.359 e. The summed E-state index contributed by atoms with van der Waals surface area (Å²) in [6.45, 7) is 3.35. The Hall–Kier alpha value is -1.95. The number of hydrogen-bond acceptors (Lipinski definition) is 3. The van der Waals surface area contributed by atoms with Crippen molar-refractivity contribution in [3.05, 3.63) is 35.4 Å². The fourth-order valence-electron chi connectivity index (χ4n) is 5.21. The molecular weight excluding hydrogens is 394 g/mol. The fraction of sp³-hybridized carbons (Fsp3) is 0.625. The maximum Gasteiger partial charge on any atom is 0.233 e. The van der Waals surface area contributed by atoms with Crippen molar-refractivity contribution in [1.29, 1.82) is 0 Å². The topological polar surface area (TPSA) is 61.4 Å². The average Bonchev–Trinajstić information content (AvgIpc) is 2.76. The summed E-state index contributed by atoms with van der Waals surface area (Å²) in [4.78, 5) is 27.4. The van der Waals surface area contributed by atoms with Gasteiger partial charge in [-0.1, -0.05) is 42.7 Å². The number of thiocarbonyl (C=S) groups is 1. The van der Waals surface area contributed by atoms with Gasteiger partial charge in [0.15, 0.2) is 5.11 Å². The predicted molar refractivity (Wildman–Crippen MR) is 122 cm³/mol. The number of aryl methyl sites for hydroxylation is 1. The van der Waals surface area contributed by atoms with Crippen LogP contribution >= 0.6 is 12.2 Å². The summed E-state index contributed by atoms with van der Waals surface area (Å²) in [5.41, 5.74) is 2.36. The van der Waals surface area contributed by atoms with E-state index in [1.165, 1.54) is 12.0 Å². The maximum absolute atomic E-state index is 13.0. The first-order valence-corrected chi connectivity index (χ1v) is 11.9. The summed E-state index contributed by atoms with van der Waals surface area (Å²) in [6.07, 6.45) is 8.07. The summed E-state index contributed by atoms with van der Waals surface area (Å²) < 4.78 is 0. The lowest BCUT2D eigenvalue weighted by atomic mass is 9.80. The molecule has 6 heteroatoms. The Morgan fingerprint density at radius 3 is 2.53 bits per heavy atom. The Bertz CT molecular complexity index is 786. The third-order valence-corrected chi connectivity index (χ3v) is 7.49. The minimum absolute atomic E-state index is 0.0801. The first-order chi connectivity index (χ1) is 14.5. The second kappa shape index (κ2) is 9.46. The molecule has 1 heterocycles. The van der Waals surface area contributed by atoms with Gasteiger partial charge in [-0.15, -0.1) is 0 Å². The number of benzene rings is 1. The third kappa shape index (κ3) is 4.85. The number of amides is 2. The van der Waals surface area contributed by atoms with Gasteiger partial charge in [0.05, 0.1) is 5.92 Å². The average molecular weight is 428 g/mol. The van der Waals surface area contributed by atoms with Gasteiger partial charge in [-0.2, -0.15) is 0 Å². The SMILES string of the molecule is Cc1ccc(CNC(=O)C2CCC(CN3C(=O)C4CCCCC4NC3=S)CC2)cc1. The lowest BCUT2D eigenvalue weighted by Gasteiger charge is -2.43. The summed E-state index contributed by atoms with van der Waals surface area (Å²) >= 11 is 5.52. The Kier molecular flexibility index (Phi) is 6.71. The van der Waals surface area contributed by atoms with Crippen molar-refractivity contribution in [2.75, 3.05) is 6.54 Å². The quantitative estimate of drug-likeness (QED) is 0.704. The fourth-order valence-corrected chi connectivity index (χ4v) is 5.53. The molecule has 2 N–H and O–H groups in total. The van der Waals surface area contributed by atoms with Crippen LogP contribution in [-0.4, -0.2) is 34.4 Å². The van der Waals surface area contributed by atoms with Crippen LogP contribution in [0.4, 0.5) is 0 Å². The van der Waals surface area contributed by atoms with Crippen molar-refractivity contribution >= 4 is 29.1 Å². The van der Waals surface area contributed by atoms with Crippen LogP contribution in [0.3, 0.4) is 0 Å². The molecule has 162 valence electrons. The van der Waals surface area contributed by atoms with E-state index >= 15 is 0 Å². The van der Waals surface area contributed by atoms with E-state index in [0.717, 1.165) is 50.5 Å². The Morgan fingerprint density at radius 1 is 1.10 bits per heavy atom. The molecule has 3 fully saturated rings. The van der Waals surface area contributed by atoms with E-state index < -0.39 is 0 Å². The molecule has 5 nitrogen and oxygen atoms in total. The summed E-state index contributed by atoms with van der Waals surface area (Å²) in [6, 6.07) is 8.52. The molecule has 0 radical (unpaired) electrons. The van der Waals surface area contributed by atoms with Crippen molar-refractivity contribution in [1.82, 2.24) is 15.5 Å². The van der Waals surface area contributed by atoms with Crippen LogP contribution in [0.25, 0.3) is 0 Å². The number of nitrogens with one attached hydrogen (secondary N) is 2. The number of nitrogens with zero attached hydrogens (tertiary/aromatic N) is 1. The second-order valence-corrected chi connectivity index (χ2v) is 9.70. The van der Waals surface area contributed by atoms with E-state index in [1.54, 1.807) is 0 Å². The summed E-state index contributed by atoms with van der Waals surface area (Å²) in [5.74, 6) is 0.979. The molecule has 2 unspecified atom stereocenters. The van der Waals surface area contributed by atoms with Crippen LogP contribution in [0.15, 0.2) is 24.3 Å². The van der Waals surface area contributed by atoms with E-state index in [2.05, 4.69) is 41.8 Å². The molecule has 4 rings (SSSR count). The van der Waals surface area contributed by atoms with Gasteiger partial charge in [-0.05, 0) is 69.1 Å². The van der Waals surface area contributed by atoms with E-state index in [0.29, 0.717) is 24.1 Å². The van der Waals surface area contributed by atoms with Crippen LogP contribution in [0.1, 0.15) is 62.5 Å². The number of carbonyl (C=O) groups excluding carboxylic acids is 2. The van der Waals surface area contributed by atoms with Gasteiger partial charge in [-0.25, -0.2) is 0 Å². The van der Waals surface area contributed by atoms with E-state index in [1.807, 2.05) is 4.90 Å². The highest BCUT2D eigenvalue weighted by Gasteiger charge is 2.41. The molecule has 1 aromatic rings.